The van der Waals surface area contributed by atoms with Crippen LogP contribution in [0.15, 0.2) is 67.0 Å². The van der Waals surface area contributed by atoms with Gasteiger partial charge in [-0.05, 0) is 17.0 Å². The van der Waals surface area contributed by atoms with Crippen molar-refractivity contribution in [3.8, 4) is 0 Å². The van der Waals surface area contributed by atoms with Crippen LogP contribution in [0.4, 0.5) is 0 Å². The van der Waals surface area contributed by atoms with Crippen molar-refractivity contribution in [2.45, 2.75) is 39.2 Å². The number of aryl methyl sites for hydroxylation is 1. The van der Waals surface area contributed by atoms with Crippen LogP contribution >= 0.6 is 7.92 Å². The van der Waals surface area contributed by atoms with Gasteiger partial charge in [0.1, 0.15) is 6.33 Å². The first-order chi connectivity index (χ1) is 11.9. The van der Waals surface area contributed by atoms with Crippen molar-refractivity contribution < 1.29 is 0 Å². The fourth-order valence-electron chi connectivity index (χ4n) is 2.81. The summed E-state index contributed by atoms with van der Waals surface area (Å²) in [5.41, 5.74) is 1.10. The number of hydrogen-bond acceptors (Lipinski definition) is 2. The van der Waals surface area contributed by atoms with Crippen molar-refractivity contribution >= 4 is 24.1 Å². The van der Waals surface area contributed by atoms with Crippen molar-refractivity contribution in [2.75, 3.05) is 0 Å². The van der Waals surface area contributed by atoms with Gasteiger partial charge in [0.05, 0.1) is 0 Å². The van der Waals surface area contributed by atoms with Gasteiger partial charge in [0.25, 0.3) is 0 Å². The van der Waals surface area contributed by atoms with Gasteiger partial charge in [-0.3, -0.25) is 0 Å². The van der Waals surface area contributed by atoms with Crippen LogP contribution in [0.2, 0.25) is 0 Å². The predicted octanol–water partition coefficient (Wildman–Crippen LogP) is 3.62. The predicted molar refractivity (Wildman–Crippen MR) is 103 cm³/mol. The highest BCUT2D eigenvalue weighted by atomic mass is 31.1. The Morgan fingerprint density at radius 2 is 1.46 bits per heavy atom. The Bertz CT molecular complexity index is 685. The lowest BCUT2D eigenvalue weighted by molar-refractivity contribution is 0.550. The minimum absolute atomic E-state index is 0.665. The van der Waals surface area contributed by atoms with E-state index in [4.69, 9.17) is 0 Å². The standard InChI is InChI=1S/C20H24N3P/c1-2-3-4-11-16-23-20(21-17-22-23)24(18-12-7-5-8-13-18)19-14-9-6-10-15-19/h5-10,12-15,17H,2-4,11,16H2,1H3. The Kier molecular flexibility index (Phi) is 6.14. The molecule has 0 radical (unpaired) electrons. The third-order valence-electron chi connectivity index (χ3n) is 4.05. The summed E-state index contributed by atoms with van der Waals surface area (Å²) in [4.78, 5) is 4.65. The summed E-state index contributed by atoms with van der Waals surface area (Å²) in [5, 5.41) is 7.15. The van der Waals surface area contributed by atoms with Crippen LogP contribution in [-0.4, -0.2) is 14.8 Å². The van der Waals surface area contributed by atoms with Crippen molar-refractivity contribution in [3.63, 3.8) is 0 Å². The van der Waals surface area contributed by atoms with Gasteiger partial charge >= 0.3 is 0 Å². The topological polar surface area (TPSA) is 30.7 Å². The van der Waals surface area contributed by atoms with Crippen molar-refractivity contribution in [2.24, 2.45) is 0 Å². The summed E-state index contributed by atoms with van der Waals surface area (Å²) in [6.07, 6.45) is 6.67. The molecule has 2 aromatic carbocycles. The van der Waals surface area contributed by atoms with Crippen LogP contribution in [0.5, 0.6) is 0 Å². The fourth-order valence-corrected chi connectivity index (χ4v) is 5.06. The molecule has 0 N–H and O–H groups in total. The Balaban J connectivity index is 1.91. The minimum Gasteiger partial charge on any atom is -0.246 e. The average molecular weight is 337 g/mol. The van der Waals surface area contributed by atoms with E-state index in [1.54, 1.807) is 6.33 Å². The number of unbranched alkanes of at least 4 members (excludes halogenated alkanes) is 3. The molecule has 0 aliphatic rings. The van der Waals surface area contributed by atoms with Gasteiger partial charge < -0.3 is 0 Å². The molecule has 4 heteroatoms. The number of rotatable bonds is 8. The highest BCUT2D eigenvalue weighted by Crippen LogP contribution is 2.31. The van der Waals surface area contributed by atoms with E-state index in [2.05, 4.69) is 82.4 Å². The molecule has 1 heterocycles. The molecule has 0 aliphatic heterocycles. The van der Waals surface area contributed by atoms with E-state index in [0.717, 1.165) is 18.5 Å². The summed E-state index contributed by atoms with van der Waals surface area (Å²) in [6.45, 7) is 3.19. The quantitative estimate of drug-likeness (QED) is 0.464. The number of hydrogen-bond donors (Lipinski definition) is 0. The SMILES string of the molecule is CCCCCCn1ncnc1P(c1ccccc1)c1ccccc1. The molecule has 0 bridgehead atoms. The van der Waals surface area contributed by atoms with E-state index in [0.29, 0.717) is 0 Å². The molecule has 0 saturated heterocycles. The molecule has 0 saturated carbocycles. The largest absolute Gasteiger partial charge is 0.246 e. The molecule has 0 aliphatic carbocycles. The second-order valence-electron chi connectivity index (χ2n) is 5.85. The summed E-state index contributed by atoms with van der Waals surface area (Å²) in [5.74, 6) is 0. The lowest BCUT2D eigenvalue weighted by Crippen LogP contribution is -2.28. The summed E-state index contributed by atoms with van der Waals surface area (Å²) >= 11 is 0. The van der Waals surface area contributed by atoms with E-state index in [1.807, 2.05) is 0 Å². The molecule has 3 nitrogen and oxygen atoms in total. The lowest BCUT2D eigenvalue weighted by Gasteiger charge is -2.18. The number of aromatic nitrogens is 3. The molecule has 124 valence electrons. The van der Waals surface area contributed by atoms with Gasteiger partial charge in [0.2, 0.25) is 0 Å². The third kappa shape index (κ3) is 4.10. The second kappa shape index (κ2) is 8.75. The molecule has 0 spiro atoms. The van der Waals surface area contributed by atoms with Crippen LogP contribution in [0, 0.1) is 0 Å². The van der Waals surface area contributed by atoms with Gasteiger partial charge in [0, 0.05) is 14.5 Å². The zero-order chi connectivity index (χ0) is 16.6. The van der Waals surface area contributed by atoms with Crippen LogP contribution in [-0.2, 0) is 6.54 Å². The smallest absolute Gasteiger partial charge is 0.158 e. The molecule has 0 unspecified atom stereocenters. The molecule has 0 amide bonds. The van der Waals surface area contributed by atoms with Crippen molar-refractivity contribution in [3.05, 3.63) is 67.0 Å². The maximum Gasteiger partial charge on any atom is 0.158 e. The normalized spacial score (nSPS) is 11.1. The second-order valence-corrected chi connectivity index (χ2v) is 7.95. The Hall–Kier alpha value is -1.99. The van der Waals surface area contributed by atoms with E-state index in [1.165, 1.54) is 29.9 Å². The molecule has 3 rings (SSSR count). The Labute approximate surface area is 145 Å². The van der Waals surface area contributed by atoms with Crippen LogP contribution in [0.1, 0.15) is 32.6 Å². The minimum atomic E-state index is -0.665. The monoisotopic (exact) mass is 337 g/mol. The molecule has 0 fully saturated rings. The first-order valence-electron chi connectivity index (χ1n) is 8.68. The highest BCUT2D eigenvalue weighted by molar-refractivity contribution is 7.79. The molecule has 24 heavy (non-hydrogen) atoms. The maximum atomic E-state index is 4.65. The van der Waals surface area contributed by atoms with Gasteiger partial charge in [-0.2, -0.15) is 5.10 Å². The van der Waals surface area contributed by atoms with Gasteiger partial charge in [0.15, 0.2) is 5.57 Å². The summed E-state index contributed by atoms with van der Waals surface area (Å²) in [7, 11) is -0.665. The third-order valence-corrected chi connectivity index (χ3v) is 6.42. The zero-order valence-electron chi connectivity index (χ0n) is 14.2. The molecular formula is C20H24N3P. The summed E-state index contributed by atoms with van der Waals surface area (Å²) in [6, 6.07) is 21.4. The van der Waals surface area contributed by atoms with Crippen molar-refractivity contribution in [1.82, 2.24) is 14.8 Å². The maximum absolute atomic E-state index is 4.65. The molecule has 0 atom stereocenters. The van der Waals surface area contributed by atoms with E-state index >= 15 is 0 Å². The Morgan fingerprint density at radius 1 is 0.833 bits per heavy atom. The fraction of sp³-hybridized carbons (Fsp3) is 0.300. The number of nitrogens with zero attached hydrogens (tertiary/aromatic N) is 3. The van der Waals surface area contributed by atoms with E-state index < -0.39 is 7.92 Å². The molecule has 3 aromatic rings. The Morgan fingerprint density at radius 3 is 2.04 bits per heavy atom. The zero-order valence-corrected chi connectivity index (χ0v) is 15.1. The van der Waals surface area contributed by atoms with Crippen LogP contribution < -0.4 is 16.2 Å². The van der Waals surface area contributed by atoms with Gasteiger partial charge in [-0.15, -0.1) is 0 Å². The van der Waals surface area contributed by atoms with Crippen LogP contribution in [0.3, 0.4) is 0 Å². The van der Waals surface area contributed by atoms with Crippen LogP contribution in [0.25, 0.3) is 0 Å². The van der Waals surface area contributed by atoms with Gasteiger partial charge in [-0.1, -0.05) is 86.8 Å². The first-order valence-corrected chi connectivity index (χ1v) is 10.0. The number of benzene rings is 2. The molecule has 1 aromatic heterocycles. The molecular weight excluding hydrogens is 313 g/mol. The highest BCUT2D eigenvalue weighted by Gasteiger charge is 2.21. The van der Waals surface area contributed by atoms with E-state index in [-0.39, 0.29) is 0 Å². The van der Waals surface area contributed by atoms with E-state index in [9.17, 15) is 0 Å². The van der Waals surface area contributed by atoms with Crippen molar-refractivity contribution in [1.29, 1.82) is 0 Å². The van der Waals surface area contributed by atoms with Gasteiger partial charge in [-0.25, -0.2) is 9.67 Å². The first kappa shape index (κ1) is 16.9. The summed E-state index contributed by atoms with van der Waals surface area (Å²) < 4.78 is 2.11. The average Bonchev–Trinajstić information content (AvgIpc) is 3.09. The lowest BCUT2D eigenvalue weighted by atomic mass is 10.2.